The summed E-state index contributed by atoms with van der Waals surface area (Å²) in [7, 11) is 0. The summed E-state index contributed by atoms with van der Waals surface area (Å²) >= 11 is 6.14. The fourth-order valence-electron chi connectivity index (χ4n) is 3.72. The van der Waals surface area contributed by atoms with Gasteiger partial charge in [-0.3, -0.25) is 14.9 Å². The van der Waals surface area contributed by atoms with Gasteiger partial charge in [-0.15, -0.1) is 0 Å². The topological polar surface area (TPSA) is 59.0 Å². The van der Waals surface area contributed by atoms with Crippen LogP contribution >= 0.6 is 11.6 Å². The molecule has 2 heterocycles. The van der Waals surface area contributed by atoms with E-state index in [9.17, 15) is 5.26 Å². The van der Waals surface area contributed by atoms with Crippen LogP contribution < -0.4 is 0 Å². The number of aromatic amines is 1. The van der Waals surface area contributed by atoms with E-state index in [-0.39, 0.29) is 6.04 Å². The minimum atomic E-state index is -0.115. The molecule has 4 rings (SSSR count). The molecule has 1 saturated heterocycles. The Morgan fingerprint density at radius 3 is 2.75 bits per heavy atom. The predicted molar refractivity (Wildman–Crippen MR) is 111 cm³/mol. The standard InChI is InChI=1S/C22H22ClN5/c23-20-8-4-7-18(11-20)22-19(13-25-26-22)15-27-9-10-28(21(12-24)16-27)14-17-5-2-1-3-6-17/h1-8,11,13,21H,9-10,14-16H2,(H,25,26)/t21-/m1/s1. The number of nitrogens with one attached hydrogen (secondary N) is 1. The average molecular weight is 392 g/mol. The van der Waals surface area contributed by atoms with E-state index >= 15 is 0 Å². The molecule has 1 aliphatic heterocycles. The Kier molecular flexibility index (Phi) is 5.73. The summed E-state index contributed by atoms with van der Waals surface area (Å²) in [4.78, 5) is 4.59. The lowest BCUT2D eigenvalue weighted by atomic mass is 10.1. The van der Waals surface area contributed by atoms with Gasteiger partial charge in [0.05, 0.1) is 18.0 Å². The predicted octanol–water partition coefficient (Wildman–Crippen LogP) is 3.94. The first-order valence-corrected chi connectivity index (χ1v) is 9.79. The van der Waals surface area contributed by atoms with Crippen LogP contribution in [0.25, 0.3) is 11.3 Å². The van der Waals surface area contributed by atoms with Crippen molar-refractivity contribution in [1.82, 2.24) is 20.0 Å². The molecule has 0 bridgehead atoms. The van der Waals surface area contributed by atoms with Crippen LogP contribution in [0.4, 0.5) is 0 Å². The van der Waals surface area contributed by atoms with Crippen LogP contribution in [0.1, 0.15) is 11.1 Å². The summed E-state index contributed by atoms with van der Waals surface area (Å²) in [5.41, 5.74) is 4.38. The first kappa shape index (κ1) is 18.7. The Hall–Kier alpha value is -2.65. The zero-order chi connectivity index (χ0) is 19.3. The number of hydrogen-bond donors (Lipinski definition) is 1. The third-order valence-corrected chi connectivity index (χ3v) is 5.41. The van der Waals surface area contributed by atoms with Gasteiger partial charge >= 0.3 is 0 Å². The summed E-state index contributed by atoms with van der Waals surface area (Å²) in [5, 5.41) is 17.7. The van der Waals surface area contributed by atoms with Crippen LogP contribution in [0.3, 0.4) is 0 Å². The van der Waals surface area contributed by atoms with Gasteiger partial charge in [-0.2, -0.15) is 10.4 Å². The van der Waals surface area contributed by atoms with Crippen molar-refractivity contribution in [3.05, 3.63) is 76.9 Å². The average Bonchev–Trinajstić information content (AvgIpc) is 3.18. The monoisotopic (exact) mass is 391 g/mol. The third kappa shape index (κ3) is 4.26. The van der Waals surface area contributed by atoms with Crippen molar-refractivity contribution in [2.45, 2.75) is 19.1 Å². The van der Waals surface area contributed by atoms with Crippen LogP contribution in [-0.2, 0) is 13.1 Å². The number of piperazine rings is 1. The van der Waals surface area contributed by atoms with Crippen LogP contribution in [0.2, 0.25) is 5.02 Å². The Morgan fingerprint density at radius 1 is 1.11 bits per heavy atom. The van der Waals surface area contributed by atoms with Crippen LogP contribution in [0, 0.1) is 11.3 Å². The molecule has 1 N–H and O–H groups in total. The van der Waals surface area contributed by atoms with Crippen molar-refractivity contribution in [2.24, 2.45) is 0 Å². The molecule has 2 aromatic carbocycles. The highest BCUT2D eigenvalue weighted by Crippen LogP contribution is 2.25. The molecule has 0 saturated carbocycles. The minimum absolute atomic E-state index is 0.115. The molecule has 0 radical (unpaired) electrons. The summed E-state index contributed by atoms with van der Waals surface area (Å²) in [5.74, 6) is 0. The van der Waals surface area contributed by atoms with Gasteiger partial charge in [0.1, 0.15) is 6.04 Å². The van der Waals surface area contributed by atoms with Crippen molar-refractivity contribution < 1.29 is 0 Å². The van der Waals surface area contributed by atoms with Crippen molar-refractivity contribution in [2.75, 3.05) is 19.6 Å². The second-order valence-corrected chi connectivity index (χ2v) is 7.55. The van der Waals surface area contributed by atoms with E-state index < -0.39 is 0 Å². The molecule has 5 nitrogen and oxygen atoms in total. The highest BCUT2D eigenvalue weighted by atomic mass is 35.5. The normalized spacial score (nSPS) is 18.1. The van der Waals surface area contributed by atoms with Gasteiger partial charge in [-0.25, -0.2) is 0 Å². The van der Waals surface area contributed by atoms with Crippen LogP contribution in [0.5, 0.6) is 0 Å². The van der Waals surface area contributed by atoms with Crippen molar-refractivity contribution in [3.8, 4) is 17.3 Å². The van der Waals surface area contributed by atoms with Gasteiger partial charge < -0.3 is 0 Å². The molecule has 28 heavy (non-hydrogen) atoms. The lowest BCUT2D eigenvalue weighted by molar-refractivity contribution is 0.0903. The number of benzene rings is 2. The number of hydrogen-bond acceptors (Lipinski definition) is 4. The SMILES string of the molecule is N#C[C@@H]1CN(Cc2cn[nH]c2-c2cccc(Cl)c2)CCN1Cc1ccccc1. The zero-order valence-corrected chi connectivity index (χ0v) is 16.3. The molecular formula is C22H22ClN5. The largest absolute Gasteiger partial charge is 0.295 e. The van der Waals surface area contributed by atoms with Gasteiger partial charge in [-0.1, -0.05) is 54.1 Å². The molecule has 0 spiro atoms. The molecule has 6 heteroatoms. The van der Waals surface area contributed by atoms with Crippen LogP contribution in [0.15, 0.2) is 60.8 Å². The number of H-pyrrole nitrogens is 1. The Bertz CT molecular complexity index is 962. The maximum Gasteiger partial charge on any atom is 0.111 e. The second kappa shape index (κ2) is 8.57. The van der Waals surface area contributed by atoms with E-state index in [1.54, 1.807) is 0 Å². The lowest BCUT2D eigenvalue weighted by Gasteiger charge is -2.38. The number of nitrogens with zero attached hydrogens (tertiary/aromatic N) is 4. The Labute approximate surface area is 170 Å². The zero-order valence-electron chi connectivity index (χ0n) is 15.6. The van der Waals surface area contributed by atoms with Gasteiger partial charge in [0.15, 0.2) is 0 Å². The van der Waals surface area contributed by atoms with E-state index in [0.29, 0.717) is 5.02 Å². The second-order valence-electron chi connectivity index (χ2n) is 7.12. The summed E-state index contributed by atoms with van der Waals surface area (Å²) in [6.07, 6.45) is 1.87. The minimum Gasteiger partial charge on any atom is -0.295 e. The number of nitriles is 1. The third-order valence-electron chi connectivity index (χ3n) is 5.18. The van der Waals surface area contributed by atoms with Gasteiger partial charge in [-0.05, 0) is 17.7 Å². The molecule has 0 unspecified atom stereocenters. The van der Waals surface area contributed by atoms with E-state index in [1.807, 2.05) is 48.7 Å². The first-order chi connectivity index (χ1) is 13.7. The van der Waals surface area contributed by atoms with E-state index in [0.717, 1.165) is 49.5 Å². The number of halogens is 1. The maximum atomic E-state index is 9.69. The molecule has 0 aliphatic carbocycles. The van der Waals surface area contributed by atoms with Crippen molar-refractivity contribution in [1.29, 1.82) is 5.26 Å². The smallest absolute Gasteiger partial charge is 0.111 e. The highest BCUT2D eigenvalue weighted by molar-refractivity contribution is 6.30. The Balaban J connectivity index is 1.44. The number of rotatable bonds is 5. The van der Waals surface area contributed by atoms with E-state index in [1.165, 1.54) is 5.56 Å². The van der Waals surface area contributed by atoms with Crippen molar-refractivity contribution >= 4 is 11.6 Å². The quantitative estimate of drug-likeness (QED) is 0.715. The summed E-state index contributed by atoms with van der Waals surface area (Å²) in [6.45, 7) is 4.09. The van der Waals surface area contributed by atoms with E-state index in [2.05, 4.69) is 38.2 Å². The first-order valence-electron chi connectivity index (χ1n) is 9.41. The molecule has 0 amide bonds. The molecule has 142 valence electrons. The van der Waals surface area contributed by atoms with Crippen molar-refractivity contribution in [3.63, 3.8) is 0 Å². The number of aromatic nitrogens is 2. The van der Waals surface area contributed by atoms with E-state index in [4.69, 9.17) is 11.6 Å². The van der Waals surface area contributed by atoms with Crippen LogP contribution in [-0.4, -0.2) is 45.7 Å². The fraction of sp³-hybridized carbons (Fsp3) is 0.273. The molecule has 1 aromatic heterocycles. The summed E-state index contributed by atoms with van der Waals surface area (Å²) in [6, 6.07) is 20.5. The van der Waals surface area contributed by atoms with Gasteiger partial charge in [0.2, 0.25) is 0 Å². The lowest BCUT2D eigenvalue weighted by Crippen LogP contribution is -2.51. The fourth-order valence-corrected chi connectivity index (χ4v) is 3.91. The molecule has 1 aliphatic rings. The molecule has 1 atom stereocenters. The maximum absolute atomic E-state index is 9.69. The van der Waals surface area contributed by atoms with Gasteiger partial charge in [0.25, 0.3) is 0 Å². The molecule has 3 aromatic rings. The summed E-state index contributed by atoms with van der Waals surface area (Å²) < 4.78 is 0. The molecular weight excluding hydrogens is 370 g/mol. The van der Waals surface area contributed by atoms with Gasteiger partial charge in [0, 0.05) is 48.9 Å². The Morgan fingerprint density at radius 2 is 1.96 bits per heavy atom. The highest BCUT2D eigenvalue weighted by Gasteiger charge is 2.27. The molecule has 1 fully saturated rings.